The summed E-state index contributed by atoms with van der Waals surface area (Å²) in [6, 6.07) is 16.2. The number of aryl methyl sites for hydroxylation is 1. The van der Waals surface area contributed by atoms with Gasteiger partial charge in [0.2, 0.25) is 0 Å². The maximum absolute atomic E-state index is 13.0. The Hall–Kier alpha value is -3.87. The molecule has 2 fully saturated rings. The van der Waals surface area contributed by atoms with Crippen LogP contribution >= 0.6 is 0 Å². The van der Waals surface area contributed by atoms with E-state index in [4.69, 9.17) is 4.42 Å². The lowest BCUT2D eigenvalue weighted by Crippen LogP contribution is -2.47. The number of nitrogens with one attached hydrogen (secondary N) is 3. The number of sulfone groups is 1. The van der Waals surface area contributed by atoms with Crippen molar-refractivity contribution in [1.82, 2.24) is 10.6 Å². The van der Waals surface area contributed by atoms with E-state index in [0.29, 0.717) is 17.8 Å². The second-order valence-electron chi connectivity index (χ2n) is 10.4. The van der Waals surface area contributed by atoms with Crippen LogP contribution in [0.15, 0.2) is 65.3 Å². The average molecular weight is 582 g/mol. The van der Waals surface area contributed by atoms with Gasteiger partial charge in [0.25, 0.3) is 11.8 Å². The highest BCUT2D eigenvalue weighted by Gasteiger charge is 2.35. The molecule has 3 aromatic rings. The number of aliphatic hydroxyl groups is 1. The number of hydrogen-bond donors (Lipinski definition) is 4. The van der Waals surface area contributed by atoms with E-state index < -0.39 is 27.9 Å². The molecule has 4 N–H and O–H groups in total. The molecule has 2 atom stereocenters. The van der Waals surface area contributed by atoms with Crippen molar-refractivity contribution in [2.45, 2.75) is 19.1 Å². The summed E-state index contributed by atoms with van der Waals surface area (Å²) in [7, 11) is -3.25. The fourth-order valence-corrected chi connectivity index (χ4v) is 7.09. The van der Waals surface area contributed by atoms with Gasteiger partial charge in [0.1, 0.15) is 0 Å². The van der Waals surface area contributed by atoms with E-state index in [1.54, 1.807) is 24.3 Å². The number of carbonyl (C=O) groups excluding carboxylic acids is 2. The Morgan fingerprint density at radius 3 is 2.32 bits per heavy atom. The fraction of sp³-hybridized carbons (Fsp3) is 0.379. The number of amides is 2. The summed E-state index contributed by atoms with van der Waals surface area (Å²) in [6.45, 7) is 5.72. The first-order chi connectivity index (χ1) is 19.7. The molecule has 1 unspecified atom stereocenters. The van der Waals surface area contributed by atoms with Crippen LogP contribution < -0.4 is 25.8 Å². The third-order valence-electron chi connectivity index (χ3n) is 7.47. The largest absolute Gasteiger partial charge is 0.459 e. The molecular weight excluding hydrogens is 546 g/mol. The smallest absolute Gasteiger partial charge is 0.291 e. The molecule has 218 valence electrons. The second-order valence-corrected chi connectivity index (χ2v) is 12.5. The van der Waals surface area contributed by atoms with E-state index >= 15 is 0 Å². The number of benzene rings is 2. The van der Waals surface area contributed by atoms with Crippen LogP contribution in [0.1, 0.15) is 26.5 Å². The van der Waals surface area contributed by atoms with Crippen molar-refractivity contribution in [3.63, 3.8) is 0 Å². The summed E-state index contributed by atoms with van der Waals surface area (Å²) >= 11 is 0. The van der Waals surface area contributed by atoms with E-state index in [1.807, 2.05) is 18.2 Å². The summed E-state index contributed by atoms with van der Waals surface area (Å²) in [5.41, 5.74) is 4.11. The summed E-state index contributed by atoms with van der Waals surface area (Å²) in [5.74, 6) is -0.965. The van der Waals surface area contributed by atoms with Crippen molar-refractivity contribution in [2.75, 3.05) is 65.9 Å². The maximum Gasteiger partial charge on any atom is 0.291 e. The minimum atomic E-state index is -3.25. The molecule has 2 aliphatic heterocycles. The molecule has 5 rings (SSSR count). The van der Waals surface area contributed by atoms with Crippen LogP contribution in [0.25, 0.3) is 0 Å². The molecule has 0 saturated carbocycles. The molecule has 41 heavy (non-hydrogen) atoms. The monoisotopic (exact) mass is 581 g/mol. The standard InChI is InChI=1S/C29H35N5O6S/c1-20-5-2-3-6-24(20)33-12-14-34(15-13-33)25-9-8-21(17-22(25)32-29(37)27-7-4-16-40-27)28(36)31-11-10-30-23-18-41(38,39)19-26(23)35/h2-9,16-17,23,26,30,35H,10-15,18-19H2,1H3,(H,31,36)(H,32,37)/t23?,26-/m1/s1. The number of hydrogen-bond acceptors (Lipinski definition) is 9. The molecule has 12 heteroatoms. The summed E-state index contributed by atoms with van der Waals surface area (Å²) in [5, 5.41) is 18.6. The van der Waals surface area contributed by atoms with Crippen molar-refractivity contribution in [3.05, 3.63) is 77.7 Å². The number of anilines is 3. The van der Waals surface area contributed by atoms with Gasteiger partial charge >= 0.3 is 0 Å². The van der Waals surface area contributed by atoms with Gasteiger partial charge in [-0.1, -0.05) is 18.2 Å². The fourth-order valence-electron chi connectivity index (χ4n) is 5.31. The average Bonchev–Trinajstić information content (AvgIpc) is 3.59. The third kappa shape index (κ3) is 6.89. The van der Waals surface area contributed by atoms with E-state index in [-0.39, 0.29) is 29.7 Å². The van der Waals surface area contributed by atoms with Crippen molar-refractivity contribution in [3.8, 4) is 0 Å². The van der Waals surface area contributed by atoms with Gasteiger partial charge in [-0.3, -0.25) is 9.59 Å². The SMILES string of the molecule is Cc1ccccc1N1CCN(c2ccc(C(=O)NCCNC3CS(=O)(=O)C[C@H]3O)cc2NC(=O)c2ccco2)CC1. The van der Waals surface area contributed by atoms with E-state index in [9.17, 15) is 23.1 Å². The Balaban J connectivity index is 1.25. The van der Waals surface area contributed by atoms with Gasteiger partial charge < -0.3 is 35.3 Å². The Kier molecular flexibility index (Phi) is 8.62. The summed E-state index contributed by atoms with van der Waals surface area (Å²) in [4.78, 5) is 30.4. The van der Waals surface area contributed by atoms with Gasteiger partial charge in [0.15, 0.2) is 15.6 Å². The van der Waals surface area contributed by atoms with E-state index in [1.165, 1.54) is 17.5 Å². The number of rotatable bonds is 9. The number of furan rings is 1. The Morgan fingerprint density at radius 1 is 0.927 bits per heavy atom. The summed E-state index contributed by atoms with van der Waals surface area (Å²) in [6.07, 6.45) is 0.473. The molecule has 2 aliphatic rings. The van der Waals surface area contributed by atoms with Gasteiger partial charge in [0.05, 0.1) is 35.2 Å². The number of nitrogens with zero attached hydrogens (tertiary/aromatic N) is 2. The van der Waals surface area contributed by atoms with Crippen molar-refractivity contribution >= 4 is 38.7 Å². The normalized spacial score (nSPS) is 20.1. The lowest BCUT2D eigenvalue weighted by Gasteiger charge is -2.38. The highest BCUT2D eigenvalue weighted by molar-refractivity contribution is 7.91. The topological polar surface area (TPSA) is 144 Å². The first-order valence-corrected chi connectivity index (χ1v) is 15.5. The lowest BCUT2D eigenvalue weighted by atomic mass is 10.1. The van der Waals surface area contributed by atoms with Crippen LogP contribution in [0.2, 0.25) is 0 Å². The Morgan fingerprint density at radius 2 is 1.66 bits per heavy atom. The van der Waals surface area contributed by atoms with Crippen LogP contribution in [0.3, 0.4) is 0 Å². The van der Waals surface area contributed by atoms with Crippen LogP contribution in [0, 0.1) is 6.92 Å². The number of aliphatic hydroxyl groups excluding tert-OH is 1. The number of piperazine rings is 1. The molecule has 0 bridgehead atoms. The van der Waals surface area contributed by atoms with Crippen molar-refractivity contribution in [1.29, 1.82) is 0 Å². The molecule has 3 heterocycles. The Labute approximate surface area is 239 Å². The number of para-hydroxylation sites is 1. The molecule has 0 aliphatic carbocycles. The summed E-state index contributed by atoms with van der Waals surface area (Å²) < 4.78 is 28.6. The quantitative estimate of drug-likeness (QED) is 0.277. The maximum atomic E-state index is 13.0. The Bertz CT molecular complexity index is 1490. The van der Waals surface area contributed by atoms with Crippen LogP contribution in [-0.4, -0.2) is 88.3 Å². The van der Waals surface area contributed by atoms with Crippen molar-refractivity contribution in [2.24, 2.45) is 0 Å². The zero-order valence-corrected chi connectivity index (χ0v) is 23.7. The molecule has 0 radical (unpaired) electrons. The lowest BCUT2D eigenvalue weighted by molar-refractivity contribution is 0.0950. The number of carbonyl (C=O) groups is 2. The minimum absolute atomic E-state index is 0.123. The van der Waals surface area contributed by atoms with Crippen LogP contribution in [0.4, 0.5) is 17.1 Å². The highest BCUT2D eigenvalue weighted by atomic mass is 32.2. The van der Waals surface area contributed by atoms with Gasteiger partial charge in [-0.25, -0.2) is 8.42 Å². The zero-order chi connectivity index (χ0) is 29.0. The van der Waals surface area contributed by atoms with Gasteiger partial charge in [0, 0.05) is 56.6 Å². The predicted molar refractivity (Wildman–Crippen MR) is 157 cm³/mol. The molecule has 2 aromatic carbocycles. The second kappa shape index (κ2) is 12.3. The van der Waals surface area contributed by atoms with Crippen LogP contribution in [0.5, 0.6) is 0 Å². The molecular formula is C29H35N5O6S. The van der Waals surface area contributed by atoms with E-state index in [2.05, 4.69) is 44.8 Å². The molecule has 2 saturated heterocycles. The first kappa shape index (κ1) is 28.7. The zero-order valence-electron chi connectivity index (χ0n) is 22.9. The van der Waals surface area contributed by atoms with Gasteiger partial charge in [-0.15, -0.1) is 0 Å². The third-order valence-corrected chi connectivity index (χ3v) is 9.18. The van der Waals surface area contributed by atoms with Crippen molar-refractivity contribution < 1.29 is 27.5 Å². The highest BCUT2D eigenvalue weighted by Crippen LogP contribution is 2.30. The molecule has 0 spiro atoms. The van der Waals surface area contributed by atoms with Gasteiger partial charge in [-0.05, 0) is 48.9 Å². The first-order valence-electron chi connectivity index (χ1n) is 13.6. The molecule has 1 aromatic heterocycles. The molecule has 2 amide bonds. The van der Waals surface area contributed by atoms with Crippen LogP contribution in [-0.2, 0) is 9.84 Å². The van der Waals surface area contributed by atoms with Gasteiger partial charge in [-0.2, -0.15) is 0 Å². The molecule has 11 nitrogen and oxygen atoms in total. The van der Waals surface area contributed by atoms with E-state index in [0.717, 1.165) is 31.9 Å². The predicted octanol–water partition coefficient (Wildman–Crippen LogP) is 1.64. The minimum Gasteiger partial charge on any atom is -0.459 e.